The quantitative estimate of drug-likeness (QED) is 0.878. The van der Waals surface area contributed by atoms with Crippen LogP contribution in [0.3, 0.4) is 0 Å². The predicted octanol–water partition coefficient (Wildman–Crippen LogP) is 2.99. The fourth-order valence-corrected chi connectivity index (χ4v) is 3.80. The van der Waals surface area contributed by atoms with Gasteiger partial charge in [-0.25, -0.2) is 0 Å². The lowest BCUT2D eigenvalue weighted by molar-refractivity contribution is -0.130. The highest BCUT2D eigenvalue weighted by atomic mass is 32.2. The molecule has 0 unspecified atom stereocenters. The zero-order valence-corrected chi connectivity index (χ0v) is 13.8. The van der Waals surface area contributed by atoms with Crippen LogP contribution in [0.5, 0.6) is 0 Å². The summed E-state index contributed by atoms with van der Waals surface area (Å²) in [6.45, 7) is 2.55. The van der Waals surface area contributed by atoms with E-state index >= 15 is 0 Å². The van der Waals surface area contributed by atoms with Crippen LogP contribution in [0.2, 0.25) is 0 Å². The van der Waals surface area contributed by atoms with Crippen molar-refractivity contribution >= 4 is 17.7 Å². The number of rotatable bonds is 6. The molecule has 0 bridgehead atoms. The van der Waals surface area contributed by atoms with Gasteiger partial charge in [-0.05, 0) is 25.3 Å². The fourth-order valence-electron chi connectivity index (χ4n) is 2.89. The van der Waals surface area contributed by atoms with Gasteiger partial charge in [0.2, 0.25) is 5.91 Å². The molecule has 0 aromatic heterocycles. The Labute approximate surface area is 131 Å². The molecular weight excluding hydrogens is 282 g/mol. The summed E-state index contributed by atoms with van der Waals surface area (Å²) in [4.78, 5) is 13.8. The molecule has 4 heteroatoms. The summed E-state index contributed by atoms with van der Waals surface area (Å²) in [5, 5.41) is 10.3. The number of carbonyl (C=O) groups excluding carboxylic acids is 1. The molecular formula is C17H25NO2S. The smallest absolute Gasteiger partial charge is 0.232 e. The van der Waals surface area contributed by atoms with Crippen molar-refractivity contribution in [3.8, 4) is 0 Å². The molecule has 1 aromatic rings. The second kappa shape index (κ2) is 7.32. The van der Waals surface area contributed by atoms with Gasteiger partial charge in [0.15, 0.2) is 0 Å². The number of nitrogens with zero attached hydrogens (tertiary/aromatic N) is 1. The summed E-state index contributed by atoms with van der Waals surface area (Å²) in [6.07, 6.45) is 3.78. The van der Waals surface area contributed by atoms with Gasteiger partial charge in [0, 0.05) is 19.3 Å². The van der Waals surface area contributed by atoms with Crippen molar-refractivity contribution in [1.29, 1.82) is 0 Å². The third-order valence-electron chi connectivity index (χ3n) is 4.07. The van der Waals surface area contributed by atoms with E-state index in [1.165, 1.54) is 11.1 Å². The fraction of sp³-hybridized carbons (Fsp3) is 0.588. The number of carbonyl (C=O) groups is 1. The van der Waals surface area contributed by atoms with Crippen LogP contribution in [0.1, 0.15) is 36.8 Å². The number of hydrogen-bond acceptors (Lipinski definition) is 3. The molecule has 0 heterocycles. The van der Waals surface area contributed by atoms with E-state index in [1.54, 1.807) is 23.7 Å². The number of benzene rings is 1. The Morgan fingerprint density at radius 1 is 1.38 bits per heavy atom. The van der Waals surface area contributed by atoms with Crippen molar-refractivity contribution < 1.29 is 9.90 Å². The highest BCUT2D eigenvalue weighted by Crippen LogP contribution is 2.30. The standard InChI is InChI=1S/C17H25NO2S/c1-14-6-5-7-15(10-14)11-21-12-16(19)18(2)13-17(20)8-3-4-9-17/h5-7,10,20H,3-4,8-9,11-13H2,1-2H3. The first-order valence-electron chi connectivity index (χ1n) is 7.58. The molecule has 0 saturated heterocycles. The maximum atomic E-state index is 12.1. The summed E-state index contributed by atoms with van der Waals surface area (Å²) in [6, 6.07) is 8.38. The van der Waals surface area contributed by atoms with Crippen molar-refractivity contribution in [2.24, 2.45) is 0 Å². The van der Waals surface area contributed by atoms with Crippen LogP contribution in [0.25, 0.3) is 0 Å². The molecule has 0 radical (unpaired) electrons. The minimum absolute atomic E-state index is 0.105. The highest BCUT2D eigenvalue weighted by Gasteiger charge is 2.33. The molecule has 1 N–H and O–H groups in total. The lowest BCUT2D eigenvalue weighted by Gasteiger charge is -2.28. The molecule has 1 aliphatic carbocycles. The second-order valence-corrected chi connectivity index (χ2v) is 7.15. The minimum Gasteiger partial charge on any atom is -0.388 e. The third-order valence-corrected chi connectivity index (χ3v) is 5.06. The molecule has 0 aliphatic heterocycles. The first-order chi connectivity index (χ1) is 9.98. The Morgan fingerprint density at radius 3 is 2.76 bits per heavy atom. The number of likely N-dealkylation sites (N-methyl/N-ethyl adjacent to an activating group) is 1. The minimum atomic E-state index is -0.647. The molecule has 1 aromatic carbocycles. The Hall–Kier alpha value is -1.00. The summed E-state index contributed by atoms with van der Waals surface area (Å²) in [7, 11) is 1.80. The van der Waals surface area contributed by atoms with E-state index in [-0.39, 0.29) is 5.91 Å². The number of amides is 1. The topological polar surface area (TPSA) is 40.5 Å². The molecule has 1 amide bonds. The third kappa shape index (κ3) is 5.04. The van der Waals surface area contributed by atoms with Crippen molar-refractivity contribution in [2.75, 3.05) is 19.3 Å². The molecule has 0 atom stereocenters. The van der Waals surface area contributed by atoms with Crippen LogP contribution in [-0.2, 0) is 10.5 Å². The molecule has 0 spiro atoms. The number of aryl methyl sites for hydroxylation is 1. The van der Waals surface area contributed by atoms with Crippen LogP contribution >= 0.6 is 11.8 Å². The lowest BCUT2D eigenvalue weighted by Crippen LogP contribution is -2.42. The van der Waals surface area contributed by atoms with Crippen LogP contribution in [0.15, 0.2) is 24.3 Å². The van der Waals surface area contributed by atoms with Crippen molar-refractivity contribution in [2.45, 2.75) is 44.0 Å². The van der Waals surface area contributed by atoms with Gasteiger partial charge in [-0.2, -0.15) is 0 Å². The predicted molar refractivity (Wildman–Crippen MR) is 88.4 cm³/mol. The molecule has 2 rings (SSSR count). The molecule has 1 aliphatic rings. The van der Waals surface area contributed by atoms with E-state index in [0.29, 0.717) is 12.3 Å². The summed E-state index contributed by atoms with van der Waals surface area (Å²) in [5.41, 5.74) is 1.86. The van der Waals surface area contributed by atoms with Crippen LogP contribution in [-0.4, -0.2) is 40.9 Å². The average Bonchev–Trinajstić information content (AvgIpc) is 2.85. The van der Waals surface area contributed by atoms with E-state index in [9.17, 15) is 9.90 Å². The maximum Gasteiger partial charge on any atom is 0.232 e. The van der Waals surface area contributed by atoms with Crippen molar-refractivity contribution in [3.63, 3.8) is 0 Å². The van der Waals surface area contributed by atoms with Crippen LogP contribution < -0.4 is 0 Å². The Bertz CT molecular complexity index is 483. The Kier molecular flexibility index (Phi) is 5.71. The SMILES string of the molecule is Cc1cccc(CSCC(=O)N(C)CC2(O)CCCC2)c1. The zero-order chi connectivity index (χ0) is 15.3. The van der Waals surface area contributed by atoms with E-state index in [4.69, 9.17) is 0 Å². The number of thioether (sulfide) groups is 1. The summed E-state index contributed by atoms with van der Waals surface area (Å²) < 4.78 is 0. The average molecular weight is 307 g/mol. The van der Waals surface area contributed by atoms with Gasteiger partial charge >= 0.3 is 0 Å². The van der Waals surface area contributed by atoms with E-state index < -0.39 is 5.60 Å². The lowest BCUT2D eigenvalue weighted by atomic mass is 10.0. The van der Waals surface area contributed by atoms with Gasteiger partial charge in [-0.1, -0.05) is 42.7 Å². The molecule has 1 saturated carbocycles. The Morgan fingerprint density at radius 2 is 2.10 bits per heavy atom. The van der Waals surface area contributed by atoms with Crippen LogP contribution in [0, 0.1) is 6.92 Å². The zero-order valence-electron chi connectivity index (χ0n) is 13.0. The van der Waals surface area contributed by atoms with Gasteiger partial charge in [-0.15, -0.1) is 11.8 Å². The summed E-state index contributed by atoms with van der Waals surface area (Å²) in [5.74, 6) is 1.43. The van der Waals surface area contributed by atoms with Gasteiger partial charge < -0.3 is 10.0 Å². The molecule has 21 heavy (non-hydrogen) atoms. The molecule has 116 valence electrons. The normalized spacial score (nSPS) is 16.9. The van der Waals surface area contributed by atoms with E-state index in [1.807, 2.05) is 0 Å². The molecule has 3 nitrogen and oxygen atoms in total. The monoisotopic (exact) mass is 307 g/mol. The van der Waals surface area contributed by atoms with Gasteiger partial charge in [-0.3, -0.25) is 4.79 Å². The van der Waals surface area contributed by atoms with Crippen LogP contribution in [0.4, 0.5) is 0 Å². The second-order valence-electron chi connectivity index (χ2n) is 6.16. The first kappa shape index (κ1) is 16.4. The highest BCUT2D eigenvalue weighted by molar-refractivity contribution is 7.99. The molecule has 1 fully saturated rings. The van der Waals surface area contributed by atoms with Gasteiger partial charge in [0.05, 0.1) is 11.4 Å². The largest absolute Gasteiger partial charge is 0.388 e. The van der Waals surface area contributed by atoms with E-state index in [2.05, 4.69) is 31.2 Å². The maximum absolute atomic E-state index is 12.1. The Balaban J connectivity index is 1.73. The number of aliphatic hydroxyl groups is 1. The summed E-state index contributed by atoms with van der Waals surface area (Å²) >= 11 is 1.64. The number of hydrogen-bond donors (Lipinski definition) is 1. The van der Waals surface area contributed by atoms with E-state index in [0.717, 1.165) is 31.4 Å². The van der Waals surface area contributed by atoms with Gasteiger partial charge in [0.25, 0.3) is 0 Å². The van der Waals surface area contributed by atoms with Gasteiger partial charge in [0.1, 0.15) is 0 Å². The first-order valence-corrected chi connectivity index (χ1v) is 8.74. The van der Waals surface area contributed by atoms with Crippen molar-refractivity contribution in [1.82, 2.24) is 4.90 Å². The van der Waals surface area contributed by atoms with Crippen molar-refractivity contribution in [3.05, 3.63) is 35.4 Å².